The van der Waals surface area contributed by atoms with Crippen molar-refractivity contribution in [2.45, 2.75) is 12.8 Å². The van der Waals surface area contributed by atoms with Gasteiger partial charge >= 0.3 is 5.97 Å². The molecule has 0 amide bonds. The number of benzene rings is 1. The fourth-order valence-corrected chi connectivity index (χ4v) is 3.35. The smallest absolute Gasteiger partial charge is 0.303 e. The summed E-state index contributed by atoms with van der Waals surface area (Å²) in [4.78, 5) is 10.3. The molecular weight excluding hydrogens is 437 g/mol. The van der Waals surface area contributed by atoms with E-state index >= 15 is 0 Å². The van der Waals surface area contributed by atoms with Gasteiger partial charge in [-0.2, -0.15) is 0 Å². The normalized spacial score (nSPS) is 11.2. The molecule has 0 aliphatic rings. The van der Waals surface area contributed by atoms with Crippen molar-refractivity contribution in [1.29, 1.82) is 0 Å². The van der Waals surface area contributed by atoms with Crippen LogP contribution >= 0.6 is 38.5 Å². The molecule has 0 atom stereocenters. The van der Waals surface area contributed by atoms with Crippen LogP contribution in [0.4, 0.5) is 5.69 Å². The second-order valence-electron chi connectivity index (χ2n) is 3.54. The molecule has 0 bridgehead atoms. The van der Waals surface area contributed by atoms with Crippen LogP contribution in [0, 0.1) is 3.57 Å². The predicted octanol–water partition coefficient (Wildman–Crippen LogP) is 2.66. The lowest BCUT2D eigenvalue weighted by Crippen LogP contribution is -2.18. The number of halogens is 2. The van der Waals surface area contributed by atoms with Crippen LogP contribution in [0.25, 0.3) is 0 Å². The van der Waals surface area contributed by atoms with Gasteiger partial charge in [0.05, 0.1) is 11.4 Å². The number of anilines is 1. The van der Waals surface area contributed by atoms with Gasteiger partial charge in [-0.05, 0) is 47.2 Å². The minimum Gasteiger partial charge on any atom is -0.481 e. The van der Waals surface area contributed by atoms with E-state index in [4.69, 9.17) is 5.11 Å². The largest absolute Gasteiger partial charge is 0.481 e. The van der Waals surface area contributed by atoms with E-state index in [2.05, 4.69) is 20.7 Å². The Balaban J connectivity index is 2.70. The van der Waals surface area contributed by atoms with Crippen molar-refractivity contribution in [3.63, 3.8) is 0 Å². The Morgan fingerprint density at radius 1 is 1.44 bits per heavy atom. The lowest BCUT2D eigenvalue weighted by molar-refractivity contribution is -0.137. The van der Waals surface area contributed by atoms with Crippen LogP contribution in [0.3, 0.4) is 0 Å². The van der Waals surface area contributed by atoms with Crippen LogP contribution in [0.5, 0.6) is 0 Å². The molecule has 5 nitrogen and oxygen atoms in total. The highest BCUT2D eigenvalue weighted by molar-refractivity contribution is 14.1. The first-order valence-electron chi connectivity index (χ1n) is 4.97. The molecule has 1 aromatic rings. The maximum Gasteiger partial charge on any atom is 0.303 e. The fraction of sp³-hybridized carbons (Fsp3) is 0.300. The van der Waals surface area contributed by atoms with E-state index in [1.807, 2.05) is 28.7 Å². The van der Waals surface area contributed by atoms with E-state index in [0.29, 0.717) is 5.69 Å². The summed E-state index contributed by atoms with van der Waals surface area (Å²) in [5.74, 6) is -1.20. The van der Waals surface area contributed by atoms with Crippen molar-refractivity contribution >= 4 is 60.2 Å². The summed E-state index contributed by atoms with van der Waals surface area (Å²) in [5, 5.41) is 8.46. The first kappa shape index (κ1) is 15.7. The van der Waals surface area contributed by atoms with Gasteiger partial charge < -0.3 is 5.11 Å². The number of hydrogen-bond donors (Lipinski definition) is 2. The van der Waals surface area contributed by atoms with Crippen molar-refractivity contribution in [3.8, 4) is 0 Å². The Morgan fingerprint density at radius 3 is 2.72 bits per heavy atom. The quantitative estimate of drug-likeness (QED) is 0.656. The number of nitrogens with one attached hydrogen (secondary N) is 1. The third-order valence-corrected chi connectivity index (χ3v) is 4.79. The average Bonchev–Trinajstić information content (AvgIpc) is 2.22. The topological polar surface area (TPSA) is 83.5 Å². The number of rotatable bonds is 6. The van der Waals surface area contributed by atoms with Gasteiger partial charge in [0.1, 0.15) is 0 Å². The van der Waals surface area contributed by atoms with Gasteiger partial charge in [-0.15, -0.1) is 0 Å². The lowest BCUT2D eigenvalue weighted by Gasteiger charge is -2.09. The molecule has 8 heteroatoms. The molecule has 0 aliphatic heterocycles. The first-order chi connectivity index (χ1) is 8.30. The van der Waals surface area contributed by atoms with Crippen LogP contribution in [0.1, 0.15) is 12.8 Å². The highest BCUT2D eigenvalue weighted by Crippen LogP contribution is 2.24. The molecule has 0 aliphatic carbocycles. The number of sulfonamides is 1. The van der Waals surface area contributed by atoms with Crippen molar-refractivity contribution in [2.24, 2.45) is 0 Å². The SMILES string of the molecule is O=C(O)CCCS(=O)(=O)Nc1cc(Br)ccc1I. The van der Waals surface area contributed by atoms with Gasteiger partial charge in [-0.25, -0.2) is 8.42 Å². The first-order valence-corrected chi connectivity index (χ1v) is 8.50. The number of hydrogen-bond acceptors (Lipinski definition) is 3. The van der Waals surface area contributed by atoms with Crippen molar-refractivity contribution < 1.29 is 18.3 Å². The van der Waals surface area contributed by atoms with Gasteiger partial charge in [0.25, 0.3) is 0 Å². The lowest BCUT2D eigenvalue weighted by atomic mass is 10.3. The highest BCUT2D eigenvalue weighted by atomic mass is 127. The van der Waals surface area contributed by atoms with Gasteiger partial charge in [-0.3, -0.25) is 9.52 Å². The molecule has 0 heterocycles. The van der Waals surface area contributed by atoms with E-state index in [-0.39, 0.29) is 18.6 Å². The number of carboxylic acids is 1. The summed E-state index contributed by atoms with van der Waals surface area (Å²) >= 11 is 5.28. The number of aliphatic carboxylic acids is 1. The third-order valence-electron chi connectivity index (χ3n) is 2.00. The van der Waals surface area contributed by atoms with Crippen LogP contribution in [0.2, 0.25) is 0 Å². The zero-order valence-electron chi connectivity index (χ0n) is 9.19. The summed E-state index contributed by atoms with van der Waals surface area (Å²) in [6, 6.07) is 5.25. The molecule has 1 aromatic carbocycles. The molecule has 100 valence electrons. The Kier molecular flexibility index (Phi) is 5.86. The van der Waals surface area contributed by atoms with Crippen LogP contribution in [0.15, 0.2) is 22.7 Å². The van der Waals surface area contributed by atoms with Gasteiger partial charge in [0.2, 0.25) is 10.0 Å². The minimum absolute atomic E-state index is 0.0925. The van der Waals surface area contributed by atoms with Crippen molar-refractivity contribution in [1.82, 2.24) is 0 Å². The monoisotopic (exact) mass is 447 g/mol. The zero-order valence-corrected chi connectivity index (χ0v) is 13.7. The molecule has 0 saturated carbocycles. The summed E-state index contributed by atoms with van der Waals surface area (Å²) in [6.07, 6.45) is -0.0638. The van der Waals surface area contributed by atoms with Crippen LogP contribution in [-0.4, -0.2) is 25.2 Å². The molecule has 1 rings (SSSR count). The van der Waals surface area contributed by atoms with E-state index in [0.717, 1.165) is 8.04 Å². The van der Waals surface area contributed by atoms with E-state index < -0.39 is 16.0 Å². The summed E-state index contributed by atoms with van der Waals surface area (Å²) < 4.78 is 27.4. The standard InChI is InChI=1S/C10H11BrINO4S/c11-7-3-4-8(12)9(6-7)13-18(16,17)5-1-2-10(14)15/h3-4,6,13H,1-2,5H2,(H,14,15). The summed E-state index contributed by atoms with van der Waals surface area (Å²) in [5.41, 5.74) is 0.486. The second-order valence-corrected chi connectivity index (χ2v) is 7.46. The van der Waals surface area contributed by atoms with E-state index in [1.165, 1.54) is 0 Å². The molecule has 18 heavy (non-hydrogen) atoms. The van der Waals surface area contributed by atoms with E-state index in [9.17, 15) is 13.2 Å². The molecule has 0 radical (unpaired) electrons. The molecule has 0 saturated heterocycles. The second kappa shape index (κ2) is 6.71. The van der Waals surface area contributed by atoms with Crippen molar-refractivity contribution in [3.05, 3.63) is 26.2 Å². The molecule has 0 fully saturated rings. The van der Waals surface area contributed by atoms with Crippen LogP contribution < -0.4 is 4.72 Å². The van der Waals surface area contributed by atoms with Crippen LogP contribution in [-0.2, 0) is 14.8 Å². The molecular formula is C10H11BrINO4S. The van der Waals surface area contributed by atoms with E-state index in [1.54, 1.807) is 12.1 Å². The van der Waals surface area contributed by atoms with Crippen molar-refractivity contribution in [2.75, 3.05) is 10.5 Å². The number of carboxylic acid groups (broad SMARTS) is 1. The van der Waals surface area contributed by atoms with Gasteiger partial charge in [0.15, 0.2) is 0 Å². The third kappa shape index (κ3) is 5.53. The Morgan fingerprint density at radius 2 is 2.11 bits per heavy atom. The molecule has 0 spiro atoms. The maximum atomic E-state index is 11.7. The molecule has 0 unspecified atom stereocenters. The summed E-state index contributed by atoms with van der Waals surface area (Å²) in [7, 11) is -3.51. The Bertz CT molecular complexity index is 547. The Hall–Kier alpha value is -0.350. The maximum absolute atomic E-state index is 11.7. The molecule has 2 N–H and O–H groups in total. The predicted molar refractivity (Wildman–Crippen MR) is 81.1 cm³/mol. The van der Waals surface area contributed by atoms with Gasteiger partial charge in [-0.1, -0.05) is 15.9 Å². The Labute approximate surface area is 127 Å². The van der Waals surface area contributed by atoms with Gasteiger partial charge in [0, 0.05) is 14.5 Å². The number of carbonyl (C=O) groups is 1. The molecule has 0 aromatic heterocycles. The zero-order chi connectivity index (χ0) is 13.8. The average molecular weight is 448 g/mol. The minimum atomic E-state index is -3.51. The summed E-state index contributed by atoms with van der Waals surface area (Å²) in [6.45, 7) is 0. The highest BCUT2D eigenvalue weighted by Gasteiger charge is 2.13. The fourth-order valence-electron chi connectivity index (χ4n) is 1.21.